The largest absolute Gasteiger partial charge is 0.495 e. The summed E-state index contributed by atoms with van der Waals surface area (Å²) in [6, 6.07) is 24.6. The fourth-order valence-corrected chi connectivity index (χ4v) is 4.03. The van der Waals surface area contributed by atoms with Crippen LogP contribution in [0.5, 0.6) is 5.75 Å². The van der Waals surface area contributed by atoms with Gasteiger partial charge in [-0.2, -0.15) is 5.10 Å². The molecule has 0 aliphatic heterocycles. The normalized spacial score (nSPS) is 11.7. The van der Waals surface area contributed by atoms with E-state index >= 15 is 0 Å². The van der Waals surface area contributed by atoms with Crippen LogP contribution in [0, 0.1) is 0 Å². The van der Waals surface area contributed by atoms with Gasteiger partial charge in [-0.25, -0.2) is 5.43 Å². The Bertz CT molecular complexity index is 1620. The van der Waals surface area contributed by atoms with Gasteiger partial charge in [0.2, 0.25) is 5.91 Å². The van der Waals surface area contributed by atoms with E-state index in [9.17, 15) is 9.59 Å². The number of ether oxygens (including phenoxy) is 1. The van der Waals surface area contributed by atoms with Gasteiger partial charge in [0.25, 0.3) is 5.91 Å². The monoisotopic (exact) mass is 465 g/mol. The lowest BCUT2D eigenvalue weighted by molar-refractivity contribution is -0.115. The quantitative estimate of drug-likeness (QED) is 0.242. The third kappa shape index (κ3) is 4.56. The van der Waals surface area contributed by atoms with Crippen molar-refractivity contribution < 1.29 is 18.7 Å². The van der Waals surface area contributed by atoms with Crippen molar-refractivity contribution in [3.8, 4) is 5.75 Å². The van der Waals surface area contributed by atoms with Gasteiger partial charge in [-0.05, 0) is 42.0 Å². The Morgan fingerprint density at radius 3 is 2.49 bits per heavy atom. The van der Waals surface area contributed by atoms with E-state index in [0.29, 0.717) is 28.3 Å². The minimum atomic E-state index is -0.340. The van der Waals surface area contributed by atoms with Gasteiger partial charge in [-0.1, -0.05) is 48.5 Å². The maximum atomic E-state index is 12.7. The predicted octanol–water partition coefficient (Wildman–Crippen LogP) is 5.88. The number of amides is 2. The van der Waals surface area contributed by atoms with E-state index in [1.54, 1.807) is 26.2 Å². The van der Waals surface area contributed by atoms with Gasteiger partial charge < -0.3 is 14.5 Å². The summed E-state index contributed by atoms with van der Waals surface area (Å²) in [5.41, 5.74) is 5.38. The van der Waals surface area contributed by atoms with Gasteiger partial charge in [0.1, 0.15) is 16.9 Å². The number of hydrogen-bond donors (Lipinski definition) is 2. The molecule has 4 aromatic carbocycles. The number of nitrogens with zero attached hydrogens (tertiary/aromatic N) is 1. The molecule has 0 saturated heterocycles. The molecule has 0 aliphatic carbocycles. The zero-order valence-electron chi connectivity index (χ0n) is 19.3. The van der Waals surface area contributed by atoms with Crippen LogP contribution in [0.2, 0.25) is 0 Å². The number of furan rings is 1. The van der Waals surface area contributed by atoms with Crippen molar-refractivity contribution in [1.82, 2.24) is 5.43 Å². The Labute approximate surface area is 201 Å². The van der Waals surface area contributed by atoms with Crippen molar-refractivity contribution in [2.75, 3.05) is 12.4 Å². The Kier molecular flexibility index (Phi) is 5.89. The molecule has 0 aliphatic rings. The minimum Gasteiger partial charge on any atom is -0.495 e. The van der Waals surface area contributed by atoms with Crippen molar-refractivity contribution in [3.63, 3.8) is 0 Å². The van der Waals surface area contributed by atoms with Crippen LogP contribution in [-0.2, 0) is 4.79 Å². The van der Waals surface area contributed by atoms with Gasteiger partial charge in [0, 0.05) is 28.1 Å². The maximum Gasteiger partial charge on any atom is 0.271 e. The molecule has 35 heavy (non-hydrogen) atoms. The van der Waals surface area contributed by atoms with Crippen molar-refractivity contribution in [1.29, 1.82) is 0 Å². The Morgan fingerprint density at radius 2 is 1.66 bits per heavy atom. The van der Waals surface area contributed by atoms with E-state index in [2.05, 4.69) is 15.8 Å². The molecule has 5 rings (SSSR count). The summed E-state index contributed by atoms with van der Waals surface area (Å²) in [6.45, 7) is 1.68. The number of fused-ring (bicyclic) bond motifs is 4. The van der Waals surface area contributed by atoms with Crippen LogP contribution in [0.25, 0.3) is 32.7 Å². The average molecular weight is 466 g/mol. The maximum absolute atomic E-state index is 12.7. The zero-order valence-corrected chi connectivity index (χ0v) is 19.3. The molecule has 7 nitrogen and oxygen atoms in total. The molecule has 1 aromatic heterocycles. The lowest BCUT2D eigenvalue weighted by Crippen LogP contribution is -2.21. The van der Waals surface area contributed by atoms with E-state index in [0.717, 1.165) is 27.1 Å². The zero-order chi connectivity index (χ0) is 24.4. The molecule has 0 atom stereocenters. The first-order chi connectivity index (χ1) is 17.0. The van der Waals surface area contributed by atoms with Crippen LogP contribution in [0.4, 0.5) is 5.69 Å². The number of rotatable bonds is 6. The van der Waals surface area contributed by atoms with E-state index < -0.39 is 0 Å². The van der Waals surface area contributed by atoms with Crippen molar-refractivity contribution in [2.24, 2.45) is 5.10 Å². The SMILES string of the molecule is COc1cc2c(cc1NC(=O)C/C(C)=N/NC(=O)c1ccc3ccccc3c1)oc1ccccc12. The number of benzene rings is 4. The Morgan fingerprint density at radius 1 is 0.886 bits per heavy atom. The second-order valence-corrected chi connectivity index (χ2v) is 8.22. The van der Waals surface area contributed by atoms with E-state index in [-0.39, 0.29) is 18.2 Å². The summed E-state index contributed by atoms with van der Waals surface area (Å²) in [7, 11) is 1.55. The summed E-state index contributed by atoms with van der Waals surface area (Å²) in [5.74, 6) is -0.107. The van der Waals surface area contributed by atoms with Crippen molar-refractivity contribution in [2.45, 2.75) is 13.3 Å². The predicted molar refractivity (Wildman–Crippen MR) is 138 cm³/mol. The van der Waals surface area contributed by atoms with Crippen LogP contribution in [0.3, 0.4) is 0 Å². The number of carbonyl (C=O) groups is 2. The number of para-hydroxylation sites is 1. The highest BCUT2D eigenvalue weighted by Gasteiger charge is 2.15. The number of methoxy groups -OCH3 is 1. The first-order valence-corrected chi connectivity index (χ1v) is 11.1. The highest BCUT2D eigenvalue weighted by atomic mass is 16.5. The number of hydrazone groups is 1. The standard InChI is InChI=1S/C28H23N3O4/c1-17(30-31-28(33)20-12-11-18-7-3-4-8-19(18)14-20)13-27(32)29-23-16-25-22(15-26(23)34-2)21-9-5-6-10-24(21)35-25/h3-12,14-16H,13H2,1-2H3,(H,29,32)(H,31,33)/b30-17+. The topological polar surface area (TPSA) is 92.9 Å². The fourth-order valence-electron chi connectivity index (χ4n) is 4.03. The molecular formula is C28H23N3O4. The molecule has 0 bridgehead atoms. The molecule has 0 spiro atoms. The summed E-state index contributed by atoms with van der Waals surface area (Å²) in [5, 5.41) is 10.8. The molecule has 2 N–H and O–H groups in total. The summed E-state index contributed by atoms with van der Waals surface area (Å²) in [4.78, 5) is 25.2. The van der Waals surface area contributed by atoms with Crippen LogP contribution >= 0.6 is 0 Å². The molecule has 0 unspecified atom stereocenters. The third-order valence-electron chi connectivity index (χ3n) is 5.75. The van der Waals surface area contributed by atoms with Crippen molar-refractivity contribution in [3.05, 3.63) is 84.4 Å². The summed E-state index contributed by atoms with van der Waals surface area (Å²) < 4.78 is 11.4. The van der Waals surface area contributed by atoms with Crippen LogP contribution in [-0.4, -0.2) is 24.6 Å². The third-order valence-corrected chi connectivity index (χ3v) is 5.75. The van der Waals surface area contributed by atoms with E-state index in [4.69, 9.17) is 9.15 Å². The number of anilines is 1. The molecular weight excluding hydrogens is 442 g/mol. The first kappa shape index (κ1) is 22.2. The molecule has 2 amide bonds. The Hall–Kier alpha value is -4.65. The van der Waals surface area contributed by atoms with E-state index in [1.165, 1.54) is 0 Å². The highest BCUT2D eigenvalue weighted by molar-refractivity contribution is 6.10. The minimum absolute atomic E-state index is 0.000673. The molecule has 0 saturated carbocycles. The van der Waals surface area contributed by atoms with E-state index in [1.807, 2.05) is 66.7 Å². The van der Waals surface area contributed by atoms with Gasteiger partial charge in [-0.15, -0.1) is 0 Å². The van der Waals surface area contributed by atoms with Crippen LogP contribution in [0.15, 0.2) is 88.4 Å². The molecule has 174 valence electrons. The van der Waals surface area contributed by atoms with Gasteiger partial charge in [0.05, 0.1) is 19.2 Å². The molecule has 1 heterocycles. The van der Waals surface area contributed by atoms with Gasteiger partial charge >= 0.3 is 0 Å². The van der Waals surface area contributed by atoms with Crippen LogP contribution < -0.4 is 15.5 Å². The average Bonchev–Trinajstić information content (AvgIpc) is 3.23. The smallest absolute Gasteiger partial charge is 0.271 e. The molecule has 5 aromatic rings. The van der Waals surface area contributed by atoms with Gasteiger partial charge in [0.15, 0.2) is 0 Å². The fraction of sp³-hybridized carbons (Fsp3) is 0.107. The second-order valence-electron chi connectivity index (χ2n) is 8.22. The lowest BCUT2D eigenvalue weighted by Gasteiger charge is -2.10. The number of carbonyl (C=O) groups excluding carboxylic acids is 2. The number of nitrogens with one attached hydrogen (secondary N) is 2. The number of hydrogen-bond acceptors (Lipinski definition) is 5. The van der Waals surface area contributed by atoms with Gasteiger partial charge in [-0.3, -0.25) is 9.59 Å². The highest BCUT2D eigenvalue weighted by Crippen LogP contribution is 2.36. The summed E-state index contributed by atoms with van der Waals surface area (Å²) >= 11 is 0. The van der Waals surface area contributed by atoms with Crippen LogP contribution in [0.1, 0.15) is 23.7 Å². The molecule has 7 heteroatoms. The van der Waals surface area contributed by atoms with Crippen molar-refractivity contribution >= 4 is 55.9 Å². The second kappa shape index (κ2) is 9.30. The first-order valence-electron chi connectivity index (χ1n) is 11.1. The Balaban J connectivity index is 1.27. The summed E-state index contributed by atoms with van der Waals surface area (Å²) in [6.07, 6.45) is -0.000673. The lowest BCUT2D eigenvalue weighted by atomic mass is 10.1. The molecule has 0 radical (unpaired) electrons. The molecule has 0 fully saturated rings.